The first-order valence-corrected chi connectivity index (χ1v) is 5.85. The fourth-order valence-corrected chi connectivity index (χ4v) is 1.43. The van der Waals surface area contributed by atoms with E-state index in [1.807, 2.05) is 13.8 Å². The first-order valence-electron chi connectivity index (χ1n) is 5.85. The topological polar surface area (TPSA) is 85.5 Å². The van der Waals surface area contributed by atoms with Crippen LogP contribution in [0.1, 0.15) is 41.8 Å². The Hall–Kier alpha value is -2.37. The van der Waals surface area contributed by atoms with Crippen molar-refractivity contribution in [1.82, 2.24) is 10.1 Å². The van der Waals surface area contributed by atoms with Crippen LogP contribution in [0.15, 0.2) is 28.8 Å². The first-order chi connectivity index (χ1) is 9.06. The number of rotatable bonds is 5. The molecule has 0 saturated carbocycles. The number of carbonyl (C=O) groups is 1. The maximum Gasteiger partial charge on any atom is 0.335 e. The summed E-state index contributed by atoms with van der Waals surface area (Å²) in [6, 6.07) is 6.24. The lowest BCUT2D eigenvalue weighted by molar-refractivity contribution is 0.0696. The van der Waals surface area contributed by atoms with Crippen LogP contribution in [0.5, 0.6) is 5.75 Å². The van der Waals surface area contributed by atoms with Gasteiger partial charge < -0.3 is 14.4 Å². The smallest absolute Gasteiger partial charge is 0.335 e. The van der Waals surface area contributed by atoms with Crippen molar-refractivity contribution in [2.75, 3.05) is 0 Å². The van der Waals surface area contributed by atoms with Crippen molar-refractivity contribution < 1.29 is 19.2 Å². The Morgan fingerprint density at radius 1 is 1.47 bits per heavy atom. The number of benzene rings is 1. The van der Waals surface area contributed by atoms with Gasteiger partial charge in [0.15, 0.2) is 12.4 Å². The molecule has 0 spiro atoms. The lowest BCUT2D eigenvalue weighted by atomic mass is 10.2. The molecule has 6 heteroatoms. The summed E-state index contributed by atoms with van der Waals surface area (Å²) in [6.45, 7) is 4.04. The Morgan fingerprint density at radius 3 is 2.89 bits per heavy atom. The van der Waals surface area contributed by atoms with Gasteiger partial charge in [-0.1, -0.05) is 25.1 Å². The van der Waals surface area contributed by atoms with Gasteiger partial charge in [0.2, 0.25) is 0 Å². The van der Waals surface area contributed by atoms with Crippen molar-refractivity contribution >= 4 is 5.97 Å². The molecule has 2 aromatic rings. The standard InChI is InChI=1S/C13H14N2O4/c1-8(2)12-14-11(19-15-12)7-18-10-5-3-4-9(6-10)13(16)17/h3-6,8H,7H2,1-2H3,(H,16,17). The summed E-state index contributed by atoms with van der Waals surface area (Å²) >= 11 is 0. The third kappa shape index (κ3) is 3.31. The highest BCUT2D eigenvalue weighted by Gasteiger charge is 2.10. The highest BCUT2D eigenvalue weighted by Crippen LogP contribution is 2.16. The van der Waals surface area contributed by atoms with E-state index in [0.717, 1.165) is 0 Å². The quantitative estimate of drug-likeness (QED) is 0.890. The van der Waals surface area contributed by atoms with Crippen molar-refractivity contribution in [3.8, 4) is 5.75 Å². The molecule has 0 radical (unpaired) electrons. The number of nitrogens with zero attached hydrogens (tertiary/aromatic N) is 2. The lowest BCUT2D eigenvalue weighted by Crippen LogP contribution is -1.99. The summed E-state index contributed by atoms with van der Waals surface area (Å²) in [6.07, 6.45) is 0. The van der Waals surface area contributed by atoms with Crippen LogP contribution in [-0.4, -0.2) is 21.2 Å². The van der Waals surface area contributed by atoms with Gasteiger partial charge in [0.05, 0.1) is 5.56 Å². The fraction of sp³-hybridized carbons (Fsp3) is 0.308. The second-order valence-electron chi connectivity index (χ2n) is 4.32. The van der Waals surface area contributed by atoms with Gasteiger partial charge in [-0.2, -0.15) is 4.98 Å². The molecule has 0 aliphatic carbocycles. The Balaban J connectivity index is 2.01. The number of aromatic nitrogens is 2. The summed E-state index contributed by atoms with van der Waals surface area (Å²) in [4.78, 5) is 15.0. The van der Waals surface area contributed by atoms with E-state index in [4.69, 9.17) is 14.4 Å². The molecule has 6 nitrogen and oxygen atoms in total. The molecule has 0 saturated heterocycles. The van der Waals surface area contributed by atoms with Crippen LogP contribution in [-0.2, 0) is 6.61 Å². The van der Waals surface area contributed by atoms with Crippen LogP contribution in [0, 0.1) is 0 Å². The molecule has 0 atom stereocenters. The van der Waals surface area contributed by atoms with Crippen LogP contribution >= 0.6 is 0 Å². The first kappa shape index (κ1) is 13.1. The molecule has 2 rings (SSSR count). The molecule has 19 heavy (non-hydrogen) atoms. The average molecular weight is 262 g/mol. The zero-order valence-electron chi connectivity index (χ0n) is 10.7. The molecule has 1 heterocycles. The number of hydrogen-bond acceptors (Lipinski definition) is 5. The fourth-order valence-electron chi connectivity index (χ4n) is 1.43. The van der Waals surface area contributed by atoms with Crippen molar-refractivity contribution in [2.24, 2.45) is 0 Å². The van der Waals surface area contributed by atoms with E-state index in [0.29, 0.717) is 17.5 Å². The van der Waals surface area contributed by atoms with Crippen LogP contribution in [0.4, 0.5) is 0 Å². The maximum atomic E-state index is 10.8. The van der Waals surface area contributed by atoms with Gasteiger partial charge >= 0.3 is 5.97 Å². The van der Waals surface area contributed by atoms with Gasteiger partial charge in [0.25, 0.3) is 5.89 Å². The van der Waals surface area contributed by atoms with E-state index >= 15 is 0 Å². The molecule has 1 N–H and O–H groups in total. The molecule has 0 aliphatic rings. The zero-order chi connectivity index (χ0) is 13.8. The number of ether oxygens (including phenoxy) is 1. The highest BCUT2D eigenvalue weighted by atomic mass is 16.5. The van der Waals surface area contributed by atoms with Crippen LogP contribution < -0.4 is 4.74 Å². The Morgan fingerprint density at radius 2 is 2.26 bits per heavy atom. The Kier molecular flexibility index (Phi) is 3.79. The molecular weight excluding hydrogens is 248 g/mol. The lowest BCUT2D eigenvalue weighted by Gasteiger charge is -2.03. The second kappa shape index (κ2) is 5.51. The van der Waals surface area contributed by atoms with Gasteiger partial charge in [-0.15, -0.1) is 0 Å². The van der Waals surface area contributed by atoms with Gasteiger partial charge in [0, 0.05) is 5.92 Å². The summed E-state index contributed by atoms with van der Waals surface area (Å²) in [7, 11) is 0. The van der Waals surface area contributed by atoms with Crippen LogP contribution in [0.3, 0.4) is 0 Å². The molecule has 1 aromatic heterocycles. The minimum Gasteiger partial charge on any atom is -0.484 e. The van der Waals surface area contributed by atoms with Crippen molar-refractivity contribution in [3.05, 3.63) is 41.5 Å². The molecule has 100 valence electrons. The van der Waals surface area contributed by atoms with Gasteiger partial charge in [0.1, 0.15) is 5.75 Å². The molecule has 1 aromatic carbocycles. The molecule has 0 unspecified atom stereocenters. The predicted octanol–water partition coefficient (Wildman–Crippen LogP) is 2.47. The number of hydrogen-bond donors (Lipinski definition) is 1. The third-order valence-electron chi connectivity index (χ3n) is 2.44. The van der Waals surface area contributed by atoms with E-state index in [2.05, 4.69) is 10.1 Å². The molecule has 0 amide bonds. The molecule has 0 fully saturated rings. The van der Waals surface area contributed by atoms with Crippen molar-refractivity contribution in [2.45, 2.75) is 26.4 Å². The van der Waals surface area contributed by atoms with E-state index < -0.39 is 5.97 Å². The van der Waals surface area contributed by atoms with Crippen molar-refractivity contribution in [3.63, 3.8) is 0 Å². The Labute approximate surface area is 110 Å². The summed E-state index contributed by atoms with van der Waals surface area (Å²) in [5.74, 6) is 0.629. The molecule has 0 aliphatic heterocycles. The van der Waals surface area contributed by atoms with Crippen LogP contribution in [0.2, 0.25) is 0 Å². The molecule has 0 bridgehead atoms. The minimum atomic E-state index is -0.995. The predicted molar refractivity (Wildman–Crippen MR) is 66.1 cm³/mol. The van der Waals surface area contributed by atoms with Crippen molar-refractivity contribution in [1.29, 1.82) is 0 Å². The van der Waals surface area contributed by atoms with E-state index in [9.17, 15) is 4.79 Å². The van der Waals surface area contributed by atoms with E-state index in [-0.39, 0.29) is 18.1 Å². The van der Waals surface area contributed by atoms with Crippen LogP contribution in [0.25, 0.3) is 0 Å². The van der Waals surface area contributed by atoms with E-state index in [1.54, 1.807) is 12.1 Å². The van der Waals surface area contributed by atoms with Gasteiger partial charge in [-0.25, -0.2) is 4.79 Å². The number of carboxylic acid groups (broad SMARTS) is 1. The SMILES string of the molecule is CC(C)c1noc(COc2cccc(C(=O)O)c2)n1. The minimum absolute atomic E-state index is 0.114. The van der Waals surface area contributed by atoms with E-state index in [1.165, 1.54) is 12.1 Å². The summed E-state index contributed by atoms with van der Waals surface area (Å²) in [5, 5.41) is 12.7. The number of aromatic carboxylic acids is 1. The maximum absolute atomic E-state index is 10.8. The normalized spacial score (nSPS) is 10.7. The largest absolute Gasteiger partial charge is 0.484 e. The van der Waals surface area contributed by atoms with Gasteiger partial charge in [-0.05, 0) is 18.2 Å². The highest BCUT2D eigenvalue weighted by molar-refractivity contribution is 5.87. The second-order valence-corrected chi connectivity index (χ2v) is 4.32. The van der Waals surface area contributed by atoms with Gasteiger partial charge in [-0.3, -0.25) is 0 Å². The summed E-state index contributed by atoms with van der Waals surface area (Å²) in [5.41, 5.74) is 0.172. The zero-order valence-corrected chi connectivity index (χ0v) is 10.7. The Bertz CT molecular complexity index is 578. The molecular formula is C13H14N2O4. The average Bonchev–Trinajstić information content (AvgIpc) is 2.85. The monoisotopic (exact) mass is 262 g/mol. The number of carboxylic acids is 1. The third-order valence-corrected chi connectivity index (χ3v) is 2.44. The summed E-state index contributed by atoms with van der Waals surface area (Å²) < 4.78 is 10.4.